The molecule has 0 atom stereocenters. The maximum atomic E-state index is 11.9. The SMILES string of the molecule is O=C(Cc1csc(-c2ccsc2)n1)NCCc1ccccn1. The summed E-state index contributed by atoms with van der Waals surface area (Å²) in [6.45, 7) is 0.595. The Morgan fingerprint density at radius 1 is 1.18 bits per heavy atom. The van der Waals surface area contributed by atoms with Crippen LogP contribution in [-0.2, 0) is 17.6 Å². The van der Waals surface area contributed by atoms with E-state index in [2.05, 4.69) is 20.7 Å². The summed E-state index contributed by atoms with van der Waals surface area (Å²) in [6.07, 6.45) is 2.82. The highest BCUT2D eigenvalue weighted by molar-refractivity contribution is 7.14. The summed E-state index contributed by atoms with van der Waals surface area (Å²) in [5, 5.41) is 9.92. The number of amides is 1. The van der Waals surface area contributed by atoms with Crippen molar-refractivity contribution in [3.05, 3.63) is 58.0 Å². The van der Waals surface area contributed by atoms with Crippen LogP contribution in [0.25, 0.3) is 10.6 Å². The molecule has 6 heteroatoms. The van der Waals surface area contributed by atoms with E-state index >= 15 is 0 Å². The molecule has 3 aromatic rings. The van der Waals surface area contributed by atoms with Gasteiger partial charge in [0.1, 0.15) is 5.01 Å². The maximum Gasteiger partial charge on any atom is 0.226 e. The molecule has 1 N–H and O–H groups in total. The van der Waals surface area contributed by atoms with Crippen LogP contribution < -0.4 is 5.32 Å². The van der Waals surface area contributed by atoms with Gasteiger partial charge in [-0.1, -0.05) is 6.07 Å². The van der Waals surface area contributed by atoms with Gasteiger partial charge < -0.3 is 5.32 Å². The van der Waals surface area contributed by atoms with Crippen LogP contribution >= 0.6 is 22.7 Å². The first-order chi connectivity index (χ1) is 10.8. The van der Waals surface area contributed by atoms with Crippen molar-refractivity contribution in [1.29, 1.82) is 0 Å². The minimum Gasteiger partial charge on any atom is -0.355 e. The molecule has 22 heavy (non-hydrogen) atoms. The molecule has 1 amide bonds. The normalized spacial score (nSPS) is 10.5. The number of hydrogen-bond acceptors (Lipinski definition) is 5. The summed E-state index contributed by atoms with van der Waals surface area (Å²) in [4.78, 5) is 20.7. The van der Waals surface area contributed by atoms with E-state index in [4.69, 9.17) is 0 Å². The number of nitrogens with zero attached hydrogens (tertiary/aromatic N) is 2. The minimum absolute atomic E-state index is 0.00176. The van der Waals surface area contributed by atoms with Crippen LogP contribution in [0.5, 0.6) is 0 Å². The second-order valence-corrected chi connectivity index (χ2v) is 6.39. The van der Waals surface area contributed by atoms with Gasteiger partial charge in [-0.15, -0.1) is 11.3 Å². The molecule has 0 fully saturated rings. The van der Waals surface area contributed by atoms with Crippen molar-refractivity contribution >= 4 is 28.6 Å². The smallest absolute Gasteiger partial charge is 0.226 e. The summed E-state index contributed by atoms with van der Waals surface area (Å²) in [5.41, 5.74) is 2.93. The number of thiophene rings is 1. The van der Waals surface area contributed by atoms with E-state index in [9.17, 15) is 4.79 Å². The zero-order valence-corrected chi connectivity index (χ0v) is 13.5. The second-order valence-electron chi connectivity index (χ2n) is 4.75. The fourth-order valence-corrected chi connectivity index (χ4v) is 3.54. The van der Waals surface area contributed by atoms with Crippen molar-refractivity contribution in [3.63, 3.8) is 0 Å². The molecule has 0 aliphatic carbocycles. The van der Waals surface area contributed by atoms with Crippen molar-refractivity contribution in [3.8, 4) is 10.6 Å². The third-order valence-electron chi connectivity index (χ3n) is 3.09. The summed E-state index contributed by atoms with van der Waals surface area (Å²) < 4.78 is 0. The Bertz CT molecular complexity index is 723. The molecule has 0 saturated carbocycles. The molecule has 3 aromatic heterocycles. The number of pyridine rings is 1. The Morgan fingerprint density at radius 2 is 2.14 bits per heavy atom. The molecule has 0 aliphatic rings. The van der Waals surface area contributed by atoms with E-state index in [0.29, 0.717) is 13.0 Å². The lowest BCUT2D eigenvalue weighted by atomic mass is 10.2. The number of thiazole rings is 1. The number of rotatable bonds is 6. The van der Waals surface area contributed by atoms with Gasteiger partial charge in [-0.2, -0.15) is 11.3 Å². The topological polar surface area (TPSA) is 54.9 Å². The van der Waals surface area contributed by atoms with Gasteiger partial charge in [-0.05, 0) is 23.6 Å². The lowest BCUT2D eigenvalue weighted by molar-refractivity contribution is -0.120. The summed E-state index contributed by atoms with van der Waals surface area (Å²) >= 11 is 3.22. The number of nitrogens with one attached hydrogen (secondary N) is 1. The Labute approximate surface area is 136 Å². The molecule has 0 bridgehead atoms. The van der Waals surface area contributed by atoms with Gasteiger partial charge in [0, 0.05) is 41.2 Å². The first-order valence-corrected chi connectivity index (χ1v) is 8.77. The third-order valence-corrected chi connectivity index (χ3v) is 4.71. The average Bonchev–Trinajstić information content (AvgIpc) is 3.19. The van der Waals surface area contributed by atoms with E-state index < -0.39 is 0 Å². The molecule has 0 aliphatic heterocycles. The van der Waals surface area contributed by atoms with Crippen molar-refractivity contribution < 1.29 is 4.79 Å². The fraction of sp³-hybridized carbons (Fsp3) is 0.188. The van der Waals surface area contributed by atoms with Crippen LogP contribution in [0, 0.1) is 0 Å². The lowest BCUT2D eigenvalue weighted by Crippen LogP contribution is -2.27. The molecule has 3 heterocycles. The number of carbonyl (C=O) groups is 1. The van der Waals surface area contributed by atoms with Gasteiger partial charge in [-0.25, -0.2) is 4.98 Å². The highest BCUT2D eigenvalue weighted by atomic mass is 32.1. The van der Waals surface area contributed by atoms with Gasteiger partial charge in [0.05, 0.1) is 12.1 Å². The summed E-state index contributed by atoms with van der Waals surface area (Å²) in [5.74, 6) is -0.00176. The van der Waals surface area contributed by atoms with Crippen LogP contribution in [0.3, 0.4) is 0 Å². The zero-order chi connectivity index (χ0) is 15.2. The predicted molar refractivity (Wildman–Crippen MR) is 90.1 cm³/mol. The second kappa shape index (κ2) is 7.29. The standard InChI is InChI=1S/C16H15N3OS2/c20-15(18-7-4-13-3-1-2-6-17-13)9-14-11-22-16(19-14)12-5-8-21-10-12/h1-3,5-6,8,10-11H,4,7,9H2,(H,18,20). The third kappa shape index (κ3) is 3.99. The number of aromatic nitrogens is 2. The van der Waals surface area contributed by atoms with Crippen molar-refractivity contribution in [2.45, 2.75) is 12.8 Å². The van der Waals surface area contributed by atoms with Crippen molar-refractivity contribution in [1.82, 2.24) is 15.3 Å². The van der Waals surface area contributed by atoms with Gasteiger partial charge in [0.15, 0.2) is 0 Å². The van der Waals surface area contributed by atoms with Crippen LogP contribution in [-0.4, -0.2) is 22.4 Å². The molecule has 0 unspecified atom stereocenters. The van der Waals surface area contributed by atoms with Crippen molar-refractivity contribution in [2.75, 3.05) is 6.54 Å². The maximum absolute atomic E-state index is 11.9. The van der Waals surface area contributed by atoms with Crippen LogP contribution in [0.15, 0.2) is 46.6 Å². The zero-order valence-electron chi connectivity index (χ0n) is 11.9. The number of carbonyl (C=O) groups excluding carboxylic acids is 1. The van der Waals surface area contributed by atoms with E-state index in [1.807, 2.05) is 35.0 Å². The first kappa shape index (κ1) is 14.9. The number of hydrogen-bond donors (Lipinski definition) is 1. The minimum atomic E-state index is -0.00176. The molecular formula is C16H15N3OS2. The molecule has 0 aromatic carbocycles. The van der Waals surface area contributed by atoms with Crippen LogP contribution in [0.4, 0.5) is 0 Å². The van der Waals surface area contributed by atoms with Crippen molar-refractivity contribution in [2.24, 2.45) is 0 Å². The average molecular weight is 329 g/mol. The predicted octanol–water partition coefficient (Wildman–Crippen LogP) is 3.17. The molecule has 0 saturated heterocycles. The monoisotopic (exact) mass is 329 g/mol. The van der Waals surface area contributed by atoms with E-state index in [-0.39, 0.29) is 5.91 Å². The highest BCUT2D eigenvalue weighted by Gasteiger charge is 2.09. The van der Waals surface area contributed by atoms with Gasteiger partial charge in [0.25, 0.3) is 0 Å². The van der Waals surface area contributed by atoms with Gasteiger partial charge >= 0.3 is 0 Å². The first-order valence-electron chi connectivity index (χ1n) is 6.95. The van der Waals surface area contributed by atoms with Gasteiger partial charge in [0.2, 0.25) is 5.91 Å². The highest BCUT2D eigenvalue weighted by Crippen LogP contribution is 2.25. The quantitative estimate of drug-likeness (QED) is 0.756. The Kier molecular flexibility index (Phi) is 4.92. The van der Waals surface area contributed by atoms with Gasteiger partial charge in [-0.3, -0.25) is 9.78 Å². The summed E-state index contributed by atoms with van der Waals surface area (Å²) in [6, 6.07) is 7.83. The van der Waals surface area contributed by atoms with E-state index in [1.54, 1.807) is 28.9 Å². The van der Waals surface area contributed by atoms with Crippen LogP contribution in [0.1, 0.15) is 11.4 Å². The molecule has 4 nitrogen and oxygen atoms in total. The fourth-order valence-electron chi connectivity index (χ4n) is 2.01. The molecule has 0 radical (unpaired) electrons. The lowest BCUT2D eigenvalue weighted by Gasteiger charge is -2.03. The summed E-state index contributed by atoms with van der Waals surface area (Å²) in [7, 11) is 0. The molecule has 0 spiro atoms. The van der Waals surface area contributed by atoms with E-state index in [1.165, 1.54) is 0 Å². The van der Waals surface area contributed by atoms with Crippen LogP contribution in [0.2, 0.25) is 0 Å². The largest absolute Gasteiger partial charge is 0.355 e. The molecular weight excluding hydrogens is 314 g/mol. The Hall–Kier alpha value is -2.05. The molecule has 3 rings (SSSR count). The van der Waals surface area contributed by atoms with E-state index in [0.717, 1.165) is 28.4 Å². The Balaban J connectivity index is 1.48. The molecule has 112 valence electrons. The Morgan fingerprint density at radius 3 is 2.91 bits per heavy atom.